The molecule has 3 aromatic rings. The van der Waals surface area contributed by atoms with Crippen LogP contribution in [-0.4, -0.2) is 38.0 Å². The molecule has 1 amide bonds. The van der Waals surface area contributed by atoms with Crippen molar-refractivity contribution in [2.24, 2.45) is 0 Å². The second kappa shape index (κ2) is 9.25. The molecule has 0 fully saturated rings. The lowest BCUT2D eigenvalue weighted by Crippen LogP contribution is -2.28. The molecule has 2 N–H and O–H groups in total. The van der Waals surface area contributed by atoms with Crippen LogP contribution in [-0.2, 0) is 0 Å². The van der Waals surface area contributed by atoms with E-state index >= 15 is 0 Å². The van der Waals surface area contributed by atoms with E-state index in [0.29, 0.717) is 11.3 Å². The summed E-state index contributed by atoms with van der Waals surface area (Å²) in [5.41, 5.74) is 2.22. The third-order valence-corrected chi connectivity index (χ3v) is 4.74. The number of hydrogen-bond donors (Lipinski definition) is 2. The summed E-state index contributed by atoms with van der Waals surface area (Å²) in [6.07, 6.45) is -3.09. The molecule has 0 saturated carbocycles. The second-order valence-corrected chi connectivity index (χ2v) is 7.51. The summed E-state index contributed by atoms with van der Waals surface area (Å²) in [6, 6.07) is 5.78. The van der Waals surface area contributed by atoms with Crippen molar-refractivity contribution >= 4 is 28.4 Å². The van der Waals surface area contributed by atoms with Crippen LogP contribution in [0.3, 0.4) is 0 Å². The summed E-state index contributed by atoms with van der Waals surface area (Å²) >= 11 is 1.26. The van der Waals surface area contributed by atoms with Crippen molar-refractivity contribution in [3.05, 3.63) is 53.1 Å². The van der Waals surface area contributed by atoms with Crippen LogP contribution in [0.5, 0.6) is 5.88 Å². The predicted octanol–water partition coefficient (Wildman–Crippen LogP) is 4.12. The second-order valence-electron chi connectivity index (χ2n) is 6.70. The number of carbonyl (C=O) groups excluding carboxylic acids is 1. The van der Waals surface area contributed by atoms with E-state index in [1.165, 1.54) is 29.9 Å². The van der Waals surface area contributed by atoms with E-state index in [0.717, 1.165) is 10.7 Å². The van der Waals surface area contributed by atoms with Gasteiger partial charge in [0.2, 0.25) is 11.8 Å². The third-order valence-electron chi connectivity index (χ3n) is 3.94. The van der Waals surface area contributed by atoms with Crippen LogP contribution in [0.2, 0.25) is 0 Å². The normalized spacial score (nSPS) is 12.3. The topological polar surface area (TPSA) is 102 Å². The number of alkyl halides is 3. The van der Waals surface area contributed by atoms with Crippen molar-refractivity contribution in [3.63, 3.8) is 0 Å². The number of anilines is 2. The largest absolute Gasteiger partial charge is 0.468 e. The first kappa shape index (κ1) is 22.4. The number of pyridine rings is 1. The number of nitrogens with one attached hydrogen (secondary N) is 2. The predicted molar refractivity (Wildman–Crippen MR) is 109 cm³/mol. The number of carbonyl (C=O) groups is 1. The van der Waals surface area contributed by atoms with Crippen molar-refractivity contribution < 1.29 is 22.7 Å². The Hall–Kier alpha value is -3.28. The Kier molecular flexibility index (Phi) is 6.68. The Morgan fingerprint density at radius 1 is 1.19 bits per heavy atom. The van der Waals surface area contributed by atoms with Gasteiger partial charge in [0.1, 0.15) is 10.7 Å². The number of aryl methyl sites for hydroxylation is 2. The molecule has 0 aliphatic rings. The van der Waals surface area contributed by atoms with E-state index < -0.39 is 24.7 Å². The van der Waals surface area contributed by atoms with Gasteiger partial charge in [-0.15, -0.1) is 0 Å². The number of amides is 1. The van der Waals surface area contributed by atoms with Gasteiger partial charge < -0.3 is 15.4 Å². The maximum Gasteiger partial charge on any atom is 0.422 e. The van der Waals surface area contributed by atoms with Gasteiger partial charge >= 0.3 is 6.18 Å². The van der Waals surface area contributed by atoms with Gasteiger partial charge in [-0.1, -0.05) is 6.07 Å². The molecular formula is C19H19F3N6O2S. The fourth-order valence-corrected chi connectivity index (χ4v) is 3.17. The number of rotatable bonds is 7. The molecule has 0 aliphatic heterocycles. The van der Waals surface area contributed by atoms with E-state index in [1.54, 1.807) is 19.9 Å². The summed E-state index contributed by atoms with van der Waals surface area (Å²) in [5.74, 6) is -0.312. The molecular weight excluding hydrogens is 433 g/mol. The highest BCUT2D eigenvalue weighted by Gasteiger charge is 2.28. The smallest absolute Gasteiger partial charge is 0.422 e. The Bertz CT molecular complexity index is 1060. The molecule has 0 spiro atoms. The average Bonchev–Trinajstić information content (AvgIpc) is 3.10. The number of halogens is 3. The van der Waals surface area contributed by atoms with Crippen molar-refractivity contribution in [2.45, 2.75) is 33.0 Å². The lowest BCUT2D eigenvalue weighted by molar-refractivity contribution is -0.154. The summed E-state index contributed by atoms with van der Waals surface area (Å²) < 4.78 is 45.4. The first-order chi connectivity index (χ1) is 14.6. The van der Waals surface area contributed by atoms with Crippen LogP contribution in [0.15, 0.2) is 30.5 Å². The Balaban J connectivity index is 1.65. The standard InChI is InChI=1S/C19H19F3N6O2S/c1-10-6-14(26-18(24-10)27-16-7-11(2)28-31-16)17(29)25-12(3)13-4-5-15(23-8-13)30-9-19(20,21)22/h4-8,12H,9H2,1-3H3,(H,25,29)(H,24,26,27). The zero-order valence-corrected chi connectivity index (χ0v) is 17.6. The fraction of sp³-hybridized carbons (Fsp3) is 0.316. The number of ether oxygens (including phenoxy) is 1. The number of nitrogens with zero attached hydrogens (tertiary/aromatic N) is 4. The van der Waals surface area contributed by atoms with Crippen molar-refractivity contribution in [1.29, 1.82) is 0 Å². The molecule has 0 radical (unpaired) electrons. The quantitative estimate of drug-likeness (QED) is 0.556. The maximum absolute atomic E-state index is 12.7. The molecule has 3 rings (SSSR count). The van der Waals surface area contributed by atoms with Gasteiger partial charge in [-0.25, -0.2) is 15.0 Å². The van der Waals surface area contributed by atoms with E-state index in [1.807, 2.05) is 13.0 Å². The van der Waals surface area contributed by atoms with Crippen molar-refractivity contribution in [1.82, 2.24) is 24.6 Å². The summed E-state index contributed by atoms with van der Waals surface area (Å²) in [7, 11) is 0. The van der Waals surface area contributed by atoms with Crippen LogP contribution >= 0.6 is 11.5 Å². The van der Waals surface area contributed by atoms with Crippen molar-refractivity contribution in [3.8, 4) is 5.88 Å². The molecule has 0 bridgehead atoms. The van der Waals surface area contributed by atoms with E-state index in [2.05, 4.69) is 34.7 Å². The van der Waals surface area contributed by atoms with Crippen LogP contribution in [0.1, 0.15) is 40.4 Å². The van der Waals surface area contributed by atoms with E-state index in [-0.39, 0.29) is 17.5 Å². The van der Waals surface area contributed by atoms with E-state index in [9.17, 15) is 18.0 Å². The van der Waals surface area contributed by atoms with Crippen molar-refractivity contribution in [2.75, 3.05) is 11.9 Å². The lowest BCUT2D eigenvalue weighted by atomic mass is 10.1. The Morgan fingerprint density at radius 2 is 1.97 bits per heavy atom. The first-order valence-corrected chi connectivity index (χ1v) is 9.89. The zero-order chi connectivity index (χ0) is 22.6. The molecule has 164 valence electrons. The highest BCUT2D eigenvalue weighted by molar-refractivity contribution is 7.10. The van der Waals surface area contributed by atoms with Gasteiger partial charge in [-0.3, -0.25) is 4.79 Å². The minimum Gasteiger partial charge on any atom is -0.468 e. The zero-order valence-electron chi connectivity index (χ0n) is 16.8. The van der Waals surface area contributed by atoms with Crippen LogP contribution in [0.25, 0.3) is 0 Å². The number of hydrogen-bond acceptors (Lipinski definition) is 8. The minimum absolute atomic E-state index is 0.153. The van der Waals surface area contributed by atoms with Crippen LogP contribution in [0.4, 0.5) is 24.1 Å². The van der Waals surface area contributed by atoms with Gasteiger partial charge in [0.25, 0.3) is 5.91 Å². The average molecular weight is 452 g/mol. The molecule has 0 aliphatic carbocycles. The molecule has 31 heavy (non-hydrogen) atoms. The molecule has 3 heterocycles. The maximum atomic E-state index is 12.7. The molecule has 12 heteroatoms. The minimum atomic E-state index is -4.44. The monoisotopic (exact) mass is 452 g/mol. The highest BCUT2D eigenvalue weighted by Crippen LogP contribution is 2.21. The highest BCUT2D eigenvalue weighted by atomic mass is 32.1. The summed E-state index contributed by atoms with van der Waals surface area (Å²) in [4.78, 5) is 25.0. The van der Waals surface area contributed by atoms with E-state index in [4.69, 9.17) is 0 Å². The van der Waals surface area contributed by atoms with Gasteiger partial charge in [-0.2, -0.15) is 17.5 Å². The molecule has 8 nitrogen and oxygen atoms in total. The third kappa shape index (κ3) is 6.60. The van der Waals surface area contributed by atoms with Gasteiger partial charge in [0.15, 0.2) is 6.61 Å². The SMILES string of the molecule is Cc1cc(Nc2nc(C)cc(C(=O)NC(C)c3ccc(OCC(F)(F)F)nc3)n2)sn1. The first-order valence-electron chi connectivity index (χ1n) is 9.11. The number of aromatic nitrogens is 4. The summed E-state index contributed by atoms with van der Waals surface area (Å²) in [5, 5.41) is 6.56. The van der Waals surface area contributed by atoms with Gasteiger partial charge in [-0.05, 0) is 50.0 Å². The molecule has 0 aromatic carbocycles. The van der Waals surface area contributed by atoms with Crippen LogP contribution < -0.4 is 15.4 Å². The molecule has 1 unspecified atom stereocenters. The van der Waals surface area contributed by atoms with Gasteiger partial charge in [0.05, 0.1) is 11.7 Å². The Morgan fingerprint density at radius 3 is 2.58 bits per heavy atom. The lowest BCUT2D eigenvalue weighted by Gasteiger charge is -2.15. The summed E-state index contributed by atoms with van der Waals surface area (Å²) in [6.45, 7) is 3.91. The molecule has 0 saturated heterocycles. The molecule has 3 aromatic heterocycles. The fourth-order valence-electron chi connectivity index (χ4n) is 2.52. The molecule has 1 atom stereocenters. The van der Waals surface area contributed by atoms with Gasteiger partial charge in [0, 0.05) is 18.0 Å². The van der Waals surface area contributed by atoms with Crippen LogP contribution in [0, 0.1) is 13.8 Å². The Labute approximate surface area is 180 Å².